The summed E-state index contributed by atoms with van der Waals surface area (Å²) in [5, 5.41) is 0. The van der Waals surface area contributed by atoms with E-state index < -0.39 is 0 Å². The highest BCUT2D eigenvalue weighted by Crippen LogP contribution is 2.24. The van der Waals surface area contributed by atoms with E-state index in [1.807, 2.05) is 24.3 Å². The average Bonchev–Trinajstić information content (AvgIpc) is 2.93. The van der Waals surface area contributed by atoms with Gasteiger partial charge in [-0.15, -0.1) is 0 Å². The van der Waals surface area contributed by atoms with Crippen LogP contribution < -0.4 is 4.80 Å². The molecule has 0 atom stereocenters. The van der Waals surface area contributed by atoms with Crippen LogP contribution >= 0.6 is 11.3 Å². The molecule has 6 heteroatoms. The van der Waals surface area contributed by atoms with Crippen molar-refractivity contribution < 1.29 is 14.3 Å². The molecule has 23 heavy (non-hydrogen) atoms. The molecule has 0 aliphatic heterocycles. The van der Waals surface area contributed by atoms with Crippen molar-refractivity contribution in [2.45, 2.75) is 38.6 Å². The van der Waals surface area contributed by atoms with Gasteiger partial charge in [0.25, 0.3) is 5.91 Å². The number of para-hydroxylation sites is 1. The van der Waals surface area contributed by atoms with Crippen LogP contribution in [-0.4, -0.2) is 23.6 Å². The number of carbonyl (C=O) groups excluding carboxylic acids is 2. The number of aromatic nitrogens is 1. The molecule has 3 rings (SSSR count). The molecule has 1 heterocycles. The first-order chi connectivity index (χ1) is 11.2. The van der Waals surface area contributed by atoms with Crippen LogP contribution in [0.4, 0.5) is 0 Å². The lowest BCUT2D eigenvalue weighted by Crippen LogP contribution is -2.24. The third-order valence-corrected chi connectivity index (χ3v) is 5.32. The minimum atomic E-state index is -0.347. The van der Waals surface area contributed by atoms with Crippen molar-refractivity contribution in [2.75, 3.05) is 7.11 Å². The Kier molecular flexibility index (Phi) is 4.91. The highest BCUT2D eigenvalue weighted by Gasteiger charge is 2.21. The summed E-state index contributed by atoms with van der Waals surface area (Å²) in [5.74, 6) is -0.379. The van der Waals surface area contributed by atoms with E-state index in [4.69, 9.17) is 4.74 Å². The normalized spacial score (nSPS) is 16.7. The number of hydrogen-bond acceptors (Lipinski definition) is 4. The van der Waals surface area contributed by atoms with Crippen LogP contribution in [0.5, 0.6) is 0 Å². The van der Waals surface area contributed by atoms with Gasteiger partial charge in [0.1, 0.15) is 6.54 Å². The number of esters is 1. The van der Waals surface area contributed by atoms with E-state index in [0.717, 1.165) is 35.9 Å². The highest BCUT2D eigenvalue weighted by molar-refractivity contribution is 7.16. The molecule has 1 aliphatic rings. The fourth-order valence-electron chi connectivity index (χ4n) is 2.99. The molecule has 1 saturated carbocycles. The summed E-state index contributed by atoms with van der Waals surface area (Å²) in [4.78, 5) is 29.1. The lowest BCUT2D eigenvalue weighted by molar-refractivity contribution is -0.141. The molecule has 5 nitrogen and oxygen atoms in total. The first kappa shape index (κ1) is 15.9. The van der Waals surface area contributed by atoms with Crippen molar-refractivity contribution in [1.29, 1.82) is 0 Å². The second kappa shape index (κ2) is 7.08. The van der Waals surface area contributed by atoms with Gasteiger partial charge in [0.05, 0.1) is 17.3 Å². The molecule has 0 spiro atoms. The number of nitrogens with zero attached hydrogens (tertiary/aromatic N) is 2. The van der Waals surface area contributed by atoms with Crippen molar-refractivity contribution in [3.05, 3.63) is 29.1 Å². The SMILES string of the molecule is COC(=O)Cn1c(=NC(=O)C2CCCCC2)sc2ccccc21. The molecule has 0 N–H and O–H groups in total. The van der Waals surface area contributed by atoms with E-state index in [-0.39, 0.29) is 24.3 Å². The quantitative estimate of drug-likeness (QED) is 0.812. The lowest BCUT2D eigenvalue weighted by Gasteiger charge is -2.17. The zero-order valence-corrected chi connectivity index (χ0v) is 14.0. The number of hydrogen-bond donors (Lipinski definition) is 0. The van der Waals surface area contributed by atoms with E-state index in [0.29, 0.717) is 4.80 Å². The number of methoxy groups -OCH3 is 1. The maximum absolute atomic E-state index is 12.5. The number of amides is 1. The Bertz CT molecular complexity index is 784. The molecule has 1 aliphatic carbocycles. The molecule has 0 radical (unpaired) electrons. The third-order valence-electron chi connectivity index (χ3n) is 4.26. The van der Waals surface area contributed by atoms with Crippen molar-refractivity contribution in [2.24, 2.45) is 10.9 Å². The summed E-state index contributed by atoms with van der Waals surface area (Å²) in [6, 6.07) is 7.75. The predicted octanol–water partition coefficient (Wildman–Crippen LogP) is 2.88. The van der Waals surface area contributed by atoms with Crippen molar-refractivity contribution in [3.63, 3.8) is 0 Å². The molecule has 1 aromatic heterocycles. The summed E-state index contributed by atoms with van der Waals surface area (Å²) in [6.07, 6.45) is 5.24. The van der Waals surface area contributed by atoms with Gasteiger partial charge in [-0.1, -0.05) is 42.7 Å². The van der Waals surface area contributed by atoms with Gasteiger partial charge in [0.2, 0.25) is 0 Å². The van der Waals surface area contributed by atoms with Gasteiger partial charge in [-0.25, -0.2) is 0 Å². The van der Waals surface area contributed by atoms with Crippen LogP contribution in [0.25, 0.3) is 10.2 Å². The Hall–Kier alpha value is -1.95. The van der Waals surface area contributed by atoms with Gasteiger partial charge >= 0.3 is 5.97 Å². The van der Waals surface area contributed by atoms with E-state index in [2.05, 4.69) is 4.99 Å². The molecule has 1 amide bonds. The molecule has 0 unspecified atom stereocenters. The van der Waals surface area contributed by atoms with Crippen LogP contribution in [0.3, 0.4) is 0 Å². The second-order valence-electron chi connectivity index (χ2n) is 5.80. The van der Waals surface area contributed by atoms with Gasteiger partial charge in [-0.05, 0) is 25.0 Å². The smallest absolute Gasteiger partial charge is 0.325 e. The Morgan fingerprint density at radius 3 is 2.74 bits per heavy atom. The van der Waals surface area contributed by atoms with Gasteiger partial charge in [-0.2, -0.15) is 4.99 Å². The Morgan fingerprint density at radius 2 is 2.00 bits per heavy atom. The highest BCUT2D eigenvalue weighted by atomic mass is 32.1. The van der Waals surface area contributed by atoms with Crippen LogP contribution in [0.15, 0.2) is 29.3 Å². The van der Waals surface area contributed by atoms with Gasteiger partial charge in [0.15, 0.2) is 4.80 Å². The van der Waals surface area contributed by atoms with Crippen molar-refractivity contribution >= 4 is 33.4 Å². The minimum Gasteiger partial charge on any atom is -0.468 e. The molecule has 2 aromatic rings. The molecular weight excluding hydrogens is 312 g/mol. The topological polar surface area (TPSA) is 60.7 Å². The number of ether oxygens (including phenoxy) is 1. The molecule has 122 valence electrons. The summed E-state index contributed by atoms with van der Waals surface area (Å²) in [7, 11) is 1.36. The van der Waals surface area contributed by atoms with Gasteiger partial charge in [0, 0.05) is 5.92 Å². The Morgan fingerprint density at radius 1 is 1.26 bits per heavy atom. The zero-order valence-electron chi connectivity index (χ0n) is 13.2. The van der Waals surface area contributed by atoms with E-state index in [9.17, 15) is 9.59 Å². The molecular formula is C17H20N2O3S. The molecule has 0 bridgehead atoms. The third kappa shape index (κ3) is 3.52. The largest absolute Gasteiger partial charge is 0.468 e. The monoisotopic (exact) mass is 332 g/mol. The number of rotatable bonds is 3. The first-order valence-corrected chi connectivity index (χ1v) is 8.74. The summed E-state index contributed by atoms with van der Waals surface area (Å²) in [6.45, 7) is 0.0668. The van der Waals surface area contributed by atoms with Gasteiger partial charge in [-0.3, -0.25) is 9.59 Å². The number of thiazole rings is 1. The molecule has 1 aromatic carbocycles. The van der Waals surface area contributed by atoms with Crippen LogP contribution in [0, 0.1) is 5.92 Å². The molecule has 0 saturated heterocycles. The Labute approximate surface area is 138 Å². The number of fused-ring (bicyclic) bond motifs is 1. The lowest BCUT2D eigenvalue weighted by atomic mass is 9.89. The van der Waals surface area contributed by atoms with Crippen molar-refractivity contribution in [1.82, 2.24) is 4.57 Å². The standard InChI is InChI=1S/C17H20N2O3S/c1-22-15(20)11-19-13-9-5-6-10-14(13)23-17(19)18-16(21)12-7-3-2-4-8-12/h5-6,9-10,12H,2-4,7-8,11H2,1H3. The maximum atomic E-state index is 12.5. The predicted molar refractivity (Wildman–Crippen MR) is 89.0 cm³/mol. The minimum absolute atomic E-state index is 0.0283. The fraction of sp³-hybridized carbons (Fsp3) is 0.471. The second-order valence-corrected chi connectivity index (χ2v) is 6.81. The number of carbonyl (C=O) groups is 2. The first-order valence-electron chi connectivity index (χ1n) is 7.93. The van der Waals surface area contributed by atoms with Crippen LogP contribution in [-0.2, 0) is 20.9 Å². The van der Waals surface area contributed by atoms with Crippen molar-refractivity contribution in [3.8, 4) is 0 Å². The fourth-order valence-corrected chi connectivity index (χ4v) is 4.02. The zero-order chi connectivity index (χ0) is 16.2. The maximum Gasteiger partial charge on any atom is 0.325 e. The summed E-state index contributed by atoms with van der Waals surface area (Å²) in [5.41, 5.74) is 0.901. The summed E-state index contributed by atoms with van der Waals surface area (Å²) >= 11 is 1.44. The van der Waals surface area contributed by atoms with Crippen LogP contribution in [0.1, 0.15) is 32.1 Å². The van der Waals surface area contributed by atoms with E-state index in [1.165, 1.54) is 24.9 Å². The summed E-state index contributed by atoms with van der Waals surface area (Å²) < 4.78 is 7.54. The van der Waals surface area contributed by atoms with Crippen LogP contribution in [0.2, 0.25) is 0 Å². The molecule has 1 fully saturated rings. The Balaban J connectivity index is 2.01. The van der Waals surface area contributed by atoms with E-state index >= 15 is 0 Å². The van der Waals surface area contributed by atoms with E-state index in [1.54, 1.807) is 4.57 Å². The van der Waals surface area contributed by atoms with Gasteiger partial charge < -0.3 is 9.30 Å². The number of benzene rings is 1. The average molecular weight is 332 g/mol.